The van der Waals surface area contributed by atoms with Gasteiger partial charge in [0.05, 0.1) is 35.0 Å². The van der Waals surface area contributed by atoms with Gasteiger partial charge < -0.3 is 19.4 Å². The summed E-state index contributed by atoms with van der Waals surface area (Å²) >= 11 is 0. The molecule has 0 fully saturated rings. The summed E-state index contributed by atoms with van der Waals surface area (Å²) in [6, 6.07) is 9.74. The number of hydrogen-bond acceptors (Lipinski definition) is 7. The number of cyclic esters (lactones) is 1. The SMILES string of the molecule is BC(NC)C(=O)OC1(CC)C(=O)OCc2c1cc1n(c2=O)Cc2c-1nc1ccccc1c2CC. The molecule has 2 aliphatic rings. The molecular formula is C25H26BN3O5. The molecular weight excluding hydrogens is 433 g/mol. The van der Waals surface area contributed by atoms with Crippen molar-refractivity contribution < 1.29 is 19.1 Å². The molecule has 174 valence electrons. The first-order valence-corrected chi connectivity index (χ1v) is 11.6. The Bertz CT molecular complexity index is 1420. The summed E-state index contributed by atoms with van der Waals surface area (Å²) < 4.78 is 12.9. The van der Waals surface area contributed by atoms with E-state index in [1.807, 2.05) is 18.2 Å². The highest BCUT2D eigenvalue weighted by molar-refractivity contribution is 6.22. The third-order valence-electron chi connectivity index (χ3n) is 7.10. The van der Waals surface area contributed by atoms with Crippen LogP contribution in [0, 0.1) is 0 Å². The number of pyridine rings is 2. The van der Waals surface area contributed by atoms with E-state index in [-0.39, 0.29) is 18.6 Å². The van der Waals surface area contributed by atoms with Crippen molar-refractivity contribution in [1.29, 1.82) is 0 Å². The summed E-state index contributed by atoms with van der Waals surface area (Å²) in [7, 11) is 3.28. The third kappa shape index (κ3) is 3.03. The number of likely N-dealkylation sites (N-methyl/N-ethyl adjacent to an activating group) is 1. The Hall–Kier alpha value is -3.46. The second kappa shape index (κ2) is 8.09. The maximum atomic E-state index is 13.6. The second-order valence-electron chi connectivity index (χ2n) is 8.79. The average Bonchev–Trinajstić information content (AvgIpc) is 3.22. The van der Waals surface area contributed by atoms with Gasteiger partial charge in [-0.15, -0.1) is 0 Å². The van der Waals surface area contributed by atoms with Crippen molar-refractivity contribution >= 4 is 30.7 Å². The maximum Gasteiger partial charge on any atom is 0.355 e. The number of hydrogen-bond donors (Lipinski definition) is 1. The normalized spacial score (nSPS) is 19.2. The largest absolute Gasteiger partial charge is 0.457 e. The number of nitrogens with one attached hydrogen (secondary N) is 1. The zero-order chi connectivity index (χ0) is 24.2. The number of benzene rings is 1. The van der Waals surface area contributed by atoms with E-state index in [0.29, 0.717) is 23.4 Å². The van der Waals surface area contributed by atoms with Crippen LogP contribution in [0.15, 0.2) is 35.1 Å². The number of carbonyl (C=O) groups is 2. The first-order chi connectivity index (χ1) is 16.4. The summed E-state index contributed by atoms with van der Waals surface area (Å²) in [5, 5.41) is 3.90. The van der Waals surface area contributed by atoms with Gasteiger partial charge in [-0.2, -0.15) is 0 Å². The van der Waals surface area contributed by atoms with Crippen LogP contribution in [0.1, 0.15) is 42.5 Å². The lowest BCUT2D eigenvalue weighted by Crippen LogP contribution is -2.50. The molecule has 0 amide bonds. The second-order valence-corrected chi connectivity index (χ2v) is 8.79. The molecule has 1 N–H and O–H groups in total. The molecule has 2 unspecified atom stereocenters. The van der Waals surface area contributed by atoms with E-state index < -0.39 is 23.5 Å². The molecule has 4 heterocycles. The molecule has 2 aliphatic heterocycles. The number of esters is 2. The number of nitrogens with zero attached hydrogens (tertiary/aromatic N) is 2. The van der Waals surface area contributed by atoms with E-state index in [1.165, 1.54) is 0 Å². The Morgan fingerprint density at radius 1 is 1.29 bits per heavy atom. The van der Waals surface area contributed by atoms with Crippen LogP contribution in [0.5, 0.6) is 0 Å². The van der Waals surface area contributed by atoms with Gasteiger partial charge in [0.15, 0.2) is 0 Å². The molecule has 0 saturated heterocycles. The number of aryl methyl sites for hydroxylation is 1. The minimum Gasteiger partial charge on any atom is -0.457 e. The summed E-state index contributed by atoms with van der Waals surface area (Å²) in [5.41, 5.74) is 3.18. The number of ether oxygens (including phenoxy) is 2. The highest BCUT2D eigenvalue weighted by atomic mass is 16.6. The van der Waals surface area contributed by atoms with Crippen molar-refractivity contribution in [3.05, 3.63) is 62.9 Å². The summed E-state index contributed by atoms with van der Waals surface area (Å²) in [4.78, 5) is 44.3. The Morgan fingerprint density at radius 3 is 2.76 bits per heavy atom. The zero-order valence-electron chi connectivity index (χ0n) is 19.7. The predicted octanol–water partition coefficient (Wildman–Crippen LogP) is 1.37. The molecule has 3 aromatic rings. The fourth-order valence-corrected chi connectivity index (χ4v) is 5.05. The minimum absolute atomic E-state index is 0.141. The fourth-order valence-electron chi connectivity index (χ4n) is 5.05. The quantitative estimate of drug-likeness (QED) is 0.356. The van der Waals surface area contributed by atoms with Gasteiger partial charge in [0.25, 0.3) is 5.56 Å². The van der Waals surface area contributed by atoms with Crippen molar-refractivity contribution in [1.82, 2.24) is 14.9 Å². The molecule has 0 saturated carbocycles. The smallest absolute Gasteiger partial charge is 0.355 e. The van der Waals surface area contributed by atoms with Gasteiger partial charge in [-0.05, 0) is 37.6 Å². The van der Waals surface area contributed by atoms with Gasteiger partial charge in [0, 0.05) is 16.5 Å². The topological polar surface area (TPSA) is 99.5 Å². The first kappa shape index (κ1) is 22.3. The Labute approximate surface area is 197 Å². The molecule has 0 aliphatic carbocycles. The van der Waals surface area contributed by atoms with Gasteiger partial charge in [-0.3, -0.25) is 9.59 Å². The molecule has 34 heavy (non-hydrogen) atoms. The lowest BCUT2D eigenvalue weighted by molar-refractivity contribution is -0.189. The van der Waals surface area contributed by atoms with Crippen molar-refractivity contribution in [2.75, 3.05) is 7.05 Å². The third-order valence-corrected chi connectivity index (χ3v) is 7.10. The van der Waals surface area contributed by atoms with E-state index in [1.54, 1.807) is 32.5 Å². The molecule has 0 bridgehead atoms. The Balaban J connectivity index is 1.76. The highest BCUT2D eigenvalue weighted by Gasteiger charge is 2.50. The molecule has 0 spiro atoms. The highest BCUT2D eigenvalue weighted by Crippen LogP contribution is 2.42. The van der Waals surface area contributed by atoms with Gasteiger partial charge in [-0.25, -0.2) is 9.78 Å². The summed E-state index contributed by atoms with van der Waals surface area (Å²) in [5.74, 6) is -1.88. The van der Waals surface area contributed by atoms with E-state index in [2.05, 4.69) is 18.3 Å². The van der Waals surface area contributed by atoms with Crippen molar-refractivity contribution in [3.8, 4) is 11.4 Å². The summed E-state index contributed by atoms with van der Waals surface area (Å²) in [6.45, 7) is 4.09. The molecule has 9 heteroatoms. The van der Waals surface area contributed by atoms with Crippen molar-refractivity contribution in [3.63, 3.8) is 0 Å². The van der Waals surface area contributed by atoms with E-state index in [9.17, 15) is 14.4 Å². The predicted molar refractivity (Wildman–Crippen MR) is 129 cm³/mol. The average molecular weight is 459 g/mol. The van der Waals surface area contributed by atoms with Gasteiger partial charge in [0.2, 0.25) is 5.60 Å². The van der Waals surface area contributed by atoms with Crippen LogP contribution in [0.2, 0.25) is 0 Å². The van der Waals surface area contributed by atoms with Crippen LogP contribution >= 0.6 is 0 Å². The summed E-state index contributed by atoms with van der Waals surface area (Å²) in [6.07, 6.45) is 0.940. The van der Waals surface area contributed by atoms with E-state index in [4.69, 9.17) is 14.5 Å². The number of fused-ring (bicyclic) bond motifs is 5. The van der Waals surface area contributed by atoms with Crippen LogP contribution in [-0.4, -0.2) is 42.3 Å². The van der Waals surface area contributed by atoms with Crippen LogP contribution in [0.4, 0.5) is 0 Å². The van der Waals surface area contributed by atoms with Gasteiger partial charge >= 0.3 is 11.9 Å². The fraction of sp³-hybridized carbons (Fsp3) is 0.360. The van der Waals surface area contributed by atoms with Crippen LogP contribution in [-0.2, 0) is 44.2 Å². The molecule has 2 atom stereocenters. The standard InChI is InChI=1S/C25H26BN3O5/c1-4-13-14-8-6-7-9-18(14)28-20-15(13)11-29-19(20)10-17-16(22(29)30)12-33-24(32)25(17,5-2)34-23(31)21(26)27-3/h6-10,21,27H,4-5,11-12,26H2,1-3H3. The van der Waals surface area contributed by atoms with Crippen molar-refractivity contribution in [2.24, 2.45) is 0 Å². The lowest BCUT2D eigenvalue weighted by atomic mass is 9.85. The molecule has 5 rings (SSSR count). The van der Waals surface area contributed by atoms with E-state index >= 15 is 0 Å². The van der Waals surface area contributed by atoms with Crippen LogP contribution in [0.3, 0.4) is 0 Å². The molecule has 0 radical (unpaired) electrons. The number of aromatic nitrogens is 2. The Kier molecular flexibility index (Phi) is 5.32. The van der Waals surface area contributed by atoms with Crippen LogP contribution < -0.4 is 10.9 Å². The Morgan fingerprint density at radius 2 is 2.06 bits per heavy atom. The monoisotopic (exact) mass is 459 g/mol. The van der Waals surface area contributed by atoms with Crippen LogP contribution in [0.25, 0.3) is 22.3 Å². The number of rotatable bonds is 5. The van der Waals surface area contributed by atoms with Gasteiger partial charge in [-0.1, -0.05) is 32.0 Å². The number of para-hydroxylation sites is 1. The minimum atomic E-state index is -1.68. The first-order valence-electron chi connectivity index (χ1n) is 11.6. The van der Waals surface area contributed by atoms with Crippen molar-refractivity contribution in [2.45, 2.75) is 51.4 Å². The molecule has 1 aromatic carbocycles. The zero-order valence-corrected chi connectivity index (χ0v) is 19.7. The molecule has 8 nitrogen and oxygen atoms in total. The molecule has 2 aromatic heterocycles. The van der Waals surface area contributed by atoms with E-state index in [0.717, 1.165) is 34.1 Å². The van der Waals surface area contributed by atoms with Gasteiger partial charge in [0.1, 0.15) is 14.5 Å². The lowest BCUT2D eigenvalue weighted by Gasteiger charge is -2.36. The number of carbonyl (C=O) groups excluding carboxylic acids is 2. The maximum absolute atomic E-state index is 13.6.